The van der Waals surface area contributed by atoms with Crippen LogP contribution >= 0.6 is 0 Å². The number of benzene rings is 2. The molecule has 2 aromatic rings. The fraction of sp³-hybridized carbons (Fsp3) is 0.519. The van der Waals surface area contributed by atoms with Crippen molar-refractivity contribution >= 4 is 21.6 Å². The molecule has 1 amide bonds. The number of amides is 1. The lowest BCUT2D eigenvalue weighted by Crippen LogP contribution is -2.55. The summed E-state index contributed by atoms with van der Waals surface area (Å²) in [6.45, 7) is 1.67. The number of aryl methyl sites for hydroxylation is 2. The van der Waals surface area contributed by atoms with E-state index in [1.165, 1.54) is 24.3 Å². The highest BCUT2D eigenvalue weighted by Crippen LogP contribution is 2.51. The first-order valence-electron chi connectivity index (χ1n) is 13.2. The summed E-state index contributed by atoms with van der Waals surface area (Å²) < 4.78 is 137. The van der Waals surface area contributed by atoms with Crippen molar-refractivity contribution < 1.29 is 58.5 Å². The number of hydrogen-bond donors (Lipinski definition) is 3. The molecule has 238 valence electrons. The van der Waals surface area contributed by atoms with E-state index in [0.717, 1.165) is 0 Å². The standard InChI is InChI=1S/C27H28F8N2O5S/c1-15-4-9-19(10-5-15)43(41,42)37-18(14-22(38)36-20-3-2-12-24(28,29)23(20)39)8-6-16-13-17(7-11-21(16)37)25(40,26(30,31)32)27(33,34)35/h4-5,7,9-11,13,18,20,23,39-40H,2-3,6,8,12,14H2,1H3,(H,36,38)/t18-,20+,23-/m0/s1. The molecule has 0 saturated heterocycles. The van der Waals surface area contributed by atoms with Crippen LogP contribution < -0.4 is 9.62 Å². The number of sulfonamides is 1. The van der Waals surface area contributed by atoms with Crippen LogP contribution in [0.1, 0.15) is 48.8 Å². The molecule has 2 aromatic carbocycles. The first kappa shape index (κ1) is 32.9. The maximum absolute atomic E-state index is 14.0. The van der Waals surface area contributed by atoms with Crippen LogP contribution in [0.2, 0.25) is 0 Å². The zero-order chi connectivity index (χ0) is 32.2. The Morgan fingerprint density at radius 3 is 2.21 bits per heavy atom. The van der Waals surface area contributed by atoms with E-state index in [-0.39, 0.29) is 41.8 Å². The highest BCUT2D eigenvalue weighted by Gasteiger charge is 2.71. The summed E-state index contributed by atoms with van der Waals surface area (Å²) in [5.41, 5.74) is -6.71. The largest absolute Gasteiger partial charge is 0.430 e. The summed E-state index contributed by atoms with van der Waals surface area (Å²) in [5, 5.41) is 22.2. The number of rotatable bonds is 6. The van der Waals surface area contributed by atoms with Gasteiger partial charge in [0.1, 0.15) is 6.10 Å². The molecule has 3 N–H and O–H groups in total. The van der Waals surface area contributed by atoms with Crippen LogP contribution in [0.4, 0.5) is 40.8 Å². The zero-order valence-corrected chi connectivity index (χ0v) is 23.3. The Kier molecular flexibility index (Phi) is 8.56. The Hall–Kier alpha value is -2.98. The van der Waals surface area contributed by atoms with Crippen molar-refractivity contribution in [1.82, 2.24) is 5.32 Å². The van der Waals surface area contributed by atoms with Gasteiger partial charge in [0.15, 0.2) is 0 Å². The molecule has 4 rings (SSSR count). The minimum absolute atomic E-state index is 0.00424. The minimum Gasteiger partial charge on any atom is -0.385 e. The van der Waals surface area contributed by atoms with Crippen molar-refractivity contribution in [3.05, 3.63) is 59.2 Å². The number of halogens is 8. The molecule has 0 bridgehead atoms. The lowest BCUT2D eigenvalue weighted by Gasteiger charge is -2.39. The second kappa shape index (κ2) is 11.2. The average Bonchev–Trinajstić information content (AvgIpc) is 2.89. The van der Waals surface area contributed by atoms with Crippen molar-refractivity contribution in [2.75, 3.05) is 4.31 Å². The number of carbonyl (C=O) groups excluding carboxylic acids is 1. The van der Waals surface area contributed by atoms with Crippen LogP contribution in [0.3, 0.4) is 0 Å². The molecule has 0 aromatic heterocycles. The number of nitrogens with one attached hydrogen (secondary N) is 1. The first-order chi connectivity index (χ1) is 19.7. The van der Waals surface area contributed by atoms with Gasteiger partial charge < -0.3 is 15.5 Å². The molecule has 1 aliphatic carbocycles. The fourth-order valence-electron chi connectivity index (χ4n) is 5.47. The van der Waals surface area contributed by atoms with Gasteiger partial charge in [0.2, 0.25) is 5.91 Å². The maximum atomic E-state index is 14.0. The van der Waals surface area contributed by atoms with E-state index in [9.17, 15) is 58.5 Å². The summed E-state index contributed by atoms with van der Waals surface area (Å²) in [6, 6.07) is 4.29. The molecule has 1 heterocycles. The Balaban J connectivity index is 1.74. The third-order valence-electron chi connectivity index (χ3n) is 7.82. The summed E-state index contributed by atoms with van der Waals surface area (Å²) in [4.78, 5) is 12.6. The number of anilines is 1. The Labute approximate surface area is 241 Å². The van der Waals surface area contributed by atoms with E-state index in [0.29, 0.717) is 28.1 Å². The maximum Gasteiger partial charge on any atom is 0.430 e. The predicted octanol–water partition coefficient (Wildman–Crippen LogP) is 4.87. The van der Waals surface area contributed by atoms with Crippen LogP contribution in [0.5, 0.6) is 0 Å². The fourth-order valence-corrected chi connectivity index (χ4v) is 7.19. The molecule has 43 heavy (non-hydrogen) atoms. The van der Waals surface area contributed by atoms with E-state index in [1.54, 1.807) is 6.92 Å². The molecule has 0 unspecified atom stereocenters. The predicted molar refractivity (Wildman–Crippen MR) is 137 cm³/mol. The molecule has 16 heteroatoms. The number of hydrogen-bond acceptors (Lipinski definition) is 5. The van der Waals surface area contributed by atoms with Gasteiger partial charge >= 0.3 is 12.4 Å². The van der Waals surface area contributed by atoms with E-state index in [4.69, 9.17) is 0 Å². The average molecular weight is 645 g/mol. The van der Waals surface area contributed by atoms with Crippen molar-refractivity contribution in [3.8, 4) is 0 Å². The highest BCUT2D eigenvalue weighted by molar-refractivity contribution is 7.92. The van der Waals surface area contributed by atoms with Crippen molar-refractivity contribution in [3.63, 3.8) is 0 Å². The van der Waals surface area contributed by atoms with E-state index in [1.807, 2.05) is 0 Å². The number of fused-ring (bicyclic) bond motifs is 1. The van der Waals surface area contributed by atoms with Gasteiger partial charge in [-0.3, -0.25) is 9.10 Å². The number of nitrogens with zero attached hydrogens (tertiary/aromatic N) is 1. The topological polar surface area (TPSA) is 107 Å². The van der Waals surface area contributed by atoms with Gasteiger partial charge in [0.05, 0.1) is 22.7 Å². The van der Waals surface area contributed by atoms with E-state index < -0.39 is 76.4 Å². The van der Waals surface area contributed by atoms with E-state index >= 15 is 0 Å². The third kappa shape index (κ3) is 6.05. The van der Waals surface area contributed by atoms with Gasteiger partial charge in [0, 0.05) is 18.4 Å². The smallest absolute Gasteiger partial charge is 0.385 e. The monoisotopic (exact) mass is 644 g/mol. The van der Waals surface area contributed by atoms with Gasteiger partial charge in [-0.1, -0.05) is 29.8 Å². The summed E-state index contributed by atoms with van der Waals surface area (Å²) in [7, 11) is -4.58. The van der Waals surface area contributed by atoms with Crippen molar-refractivity contribution in [2.24, 2.45) is 0 Å². The summed E-state index contributed by atoms with van der Waals surface area (Å²) in [6.07, 6.45) is -16.2. The van der Waals surface area contributed by atoms with Gasteiger partial charge in [-0.15, -0.1) is 0 Å². The van der Waals surface area contributed by atoms with Gasteiger partial charge in [-0.05, 0) is 56.4 Å². The minimum atomic E-state index is -6.16. The van der Waals surface area contributed by atoms with Crippen LogP contribution in [-0.4, -0.2) is 61.0 Å². The van der Waals surface area contributed by atoms with E-state index in [2.05, 4.69) is 5.32 Å². The van der Waals surface area contributed by atoms with Crippen molar-refractivity contribution in [1.29, 1.82) is 0 Å². The number of aliphatic hydroxyl groups excluding tert-OH is 1. The van der Waals surface area contributed by atoms with Crippen molar-refractivity contribution in [2.45, 2.75) is 92.4 Å². The van der Waals surface area contributed by atoms with Crippen LogP contribution in [0.15, 0.2) is 47.4 Å². The molecule has 0 spiro atoms. The Morgan fingerprint density at radius 2 is 1.63 bits per heavy atom. The van der Waals surface area contributed by atoms with Gasteiger partial charge in [-0.2, -0.15) is 26.3 Å². The first-order valence-corrected chi connectivity index (χ1v) is 14.6. The molecule has 1 aliphatic heterocycles. The summed E-state index contributed by atoms with van der Waals surface area (Å²) in [5.74, 6) is -4.34. The van der Waals surface area contributed by atoms with Crippen LogP contribution in [-0.2, 0) is 26.8 Å². The Morgan fingerprint density at radius 1 is 1.02 bits per heavy atom. The molecular weight excluding hydrogens is 616 g/mol. The lowest BCUT2D eigenvalue weighted by molar-refractivity contribution is -0.376. The molecule has 3 atom stereocenters. The molecule has 1 fully saturated rings. The van der Waals surface area contributed by atoms with Crippen LogP contribution in [0.25, 0.3) is 0 Å². The molecule has 0 radical (unpaired) electrons. The molecule has 2 aliphatic rings. The normalized spacial score (nSPS) is 23.0. The lowest BCUT2D eigenvalue weighted by atomic mass is 9.87. The number of carbonyl (C=O) groups is 1. The molecule has 1 saturated carbocycles. The molecule has 7 nitrogen and oxygen atoms in total. The van der Waals surface area contributed by atoms with Gasteiger partial charge in [-0.25, -0.2) is 17.2 Å². The SMILES string of the molecule is Cc1ccc(S(=O)(=O)N2c3ccc(C(O)(C(F)(F)F)C(F)(F)F)cc3CC[C@H]2CC(=O)N[C@@H]2CCCC(F)(F)[C@H]2O)cc1. The number of alkyl halides is 8. The Bertz CT molecular complexity index is 1450. The van der Waals surface area contributed by atoms with Gasteiger partial charge in [0.25, 0.3) is 21.5 Å². The van der Waals surface area contributed by atoms with Crippen LogP contribution in [0, 0.1) is 6.92 Å². The quantitative estimate of drug-likeness (QED) is 0.389. The third-order valence-corrected chi connectivity index (χ3v) is 9.70. The zero-order valence-electron chi connectivity index (χ0n) is 22.5. The number of aliphatic hydroxyl groups is 2. The summed E-state index contributed by atoms with van der Waals surface area (Å²) >= 11 is 0. The molecular formula is C27H28F8N2O5S. The second-order valence-corrected chi connectivity index (χ2v) is 12.6. The second-order valence-electron chi connectivity index (χ2n) is 10.8. The highest BCUT2D eigenvalue weighted by atomic mass is 32.2.